The van der Waals surface area contributed by atoms with Gasteiger partial charge in [-0.05, 0) is 44.5 Å². The normalized spacial score (nSPS) is 16.5. The highest BCUT2D eigenvalue weighted by atomic mass is 35.5. The van der Waals surface area contributed by atoms with E-state index in [-0.39, 0.29) is 5.91 Å². The molecule has 0 spiro atoms. The molecule has 0 bridgehead atoms. The number of nitrogens with one attached hydrogen (secondary N) is 2. The molecule has 1 saturated heterocycles. The van der Waals surface area contributed by atoms with Crippen molar-refractivity contribution in [2.45, 2.75) is 24.5 Å². The molecule has 1 amide bonds. The maximum absolute atomic E-state index is 11.7. The molecule has 0 atom stereocenters. The Bertz CT molecular complexity index is 405. The van der Waals surface area contributed by atoms with Crippen molar-refractivity contribution in [3.05, 3.63) is 21.3 Å². The van der Waals surface area contributed by atoms with Crippen LogP contribution in [0.4, 0.5) is 0 Å². The Balaban J connectivity index is 1.56. The van der Waals surface area contributed by atoms with Crippen molar-refractivity contribution < 1.29 is 4.79 Å². The van der Waals surface area contributed by atoms with E-state index in [1.165, 1.54) is 17.7 Å². The summed E-state index contributed by atoms with van der Waals surface area (Å²) in [5, 5.41) is 6.94. The van der Waals surface area contributed by atoms with Gasteiger partial charge in [0.1, 0.15) is 0 Å². The Hall–Kier alpha value is -0.230. The van der Waals surface area contributed by atoms with E-state index in [2.05, 4.69) is 10.6 Å². The summed E-state index contributed by atoms with van der Waals surface area (Å²) < 4.78 is 0.808. The van der Waals surface area contributed by atoms with Crippen LogP contribution in [-0.4, -0.2) is 36.5 Å². The highest BCUT2D eigenvalue weighted by Crippen LogP contribution is 2.21. The molecule has 1 aromatic heterocycles. The van der Waals surface area contributed by atoms with E-state index in [4.69, 9.17) is 11.6 Å². The van der Waals surface area contributed by atoms with Gasteiger partial charge in [0.15, 0.2) is 0 Å². The number of carbonyl (C=O) groups is 1. The molecule has 0 aliphatic carbocycles. The Morgan fingerprint density at radius 3 is 2.95 bits per heavy atom. The second-order valence-corrected chi connectivity index (χ2v) is 7.65. The lowest BCUT2D eigenvalue weighted by molar-refractivity contribution is -0.118. The van der Waals surface area contributed by atoms with Gasteiger partial charge >= 0.3 is 0 Å². The summed E-state index contributed by atoms with van der Waals surface area (Å²) in [6.07, 6.45) is 3.21. The van der Waals surface area contributed by atoms with Gasteiger partial charge in [-0.1, -0.05) is 11.6 Å². The number of halogens is 1. The van der Waals surface area contributed by atoms with Crippen LogP contribution in [0.5, 0.6) is 0 Å². The number of thioether (sulfide) groups is 1. The Labute approximate surface area is 127 Å². The molecule has 1 aromatic rings. The number of amides is 1. The summed E-state index contributed by atoms with van der Waals surface area (Å²) in [7, 11) is 0. The van der Waals surface area contributed by atoms with Gasteiger partial charge in [0.2, 0.25) is 5.91 Å². The van der Waals surface area contributed by atoms with Crippen molar-refractivity contribution >= 4 is 40.6 Å². The number of hydrogen-bond donors (Lipinski definition) is 2. The fourth-order valence-corrected chi connectivity index (χ4v) is 4.16. The second kappa shape index (κ2) is 8.15. The van der Waals surface area contributed by atoms with Crippen LogP contribution in [0.3, 0.4) is 0 Å². The molecule has 1 aliphatic heterocycles. The van der Waals surface area contributed by atoms with E-state index in [1.807, 2.05) is 12.1 Å². The maximum Gasteiger partial charge on any atom is 0.230 e. The number of thiophene rings is 1. The van der Waals surface area contributed by atoms with Crippen molar-refractivity contribution in [2.75, 3.05) is 25.4 Å². The Morgan fingerprint density at radius 2 is 2.26 bits per heavy atom. The van der Waals surface area contributed by atoms with E-state index in [1.54, 1.807) is 23.1 Å². The molecule has 106 valence electrons. The predicted molar refractivity (Wildman–Crippen MR) is 84.4 cm³/mol. The van der Waals surface area contributed by atoms with Crippen molar-refractivity contribution in [3.63, 3.8) is 0 Å². The summed E-state index contributed by atoms with van der Waals surface area (Å²) in [6, 6.07) is 3.92. The zero-order valence-corrected chi connectivity index (χ0v) is 13.2. The monoisotopic (exact) mass is 318 g/mol. The van der Waals surface area contributed by atoms with Crippen molar-refractivity contribution in [1.29, 1.82) is 0 Å². The van der Waals surface area contributed by atoms with E-state index in [9.17, 15) is 4.79 Å². The van der Waals surface area contributed by atoms with Crippen LogP contribution in [0, 0.1) is 0 Å². The number of hydrogen-bond acceptors (Lipinski definition) is 4. The lowest BCUT2D eigenvalue weighted by atomic mass is 10.2. The van der Waals surface area contributed by atoms with Gasteiger partial charge in [0, 0.05) is 16.7 Å². The molecule has 3 nitrogen and oxygen atoms in total. The molecule has 1 fully saturated rings. The molecule has 0 saturated carbocycles. The molecular formula is C13H19ClN2OS2. The van der Waals surface area contributed by atoms with Crippen LogP contribution >= 0.6 is 34.7 Å². The molecule has 2 heterocycles. The Morgan fingerprint density at radius 1 is 1.47 bits per heavy atom. The Kier molecular flexibility index (Phi) is 6.50. The second-order valence-electron chi connectivity index (χ2n) is 4.57. The minimum absolute atomic E-state index is 0.145. The van der Waals surface area contributed by atoms with Gasteiger partial charge in [-0.2, -0.15) is 0 Å². The van der Waals surface area contributed by atoms with Crippen molar-refractivity contribution in [1.82, 2.24) is 10.6 Å². The topological polar surface area (TPSA) is 41.1 Å². The number of piperidine rings is 1. The standard InChI is InChI=1S/C13H19ClN2OS2/c14-12-2-1-11(19-12)5-8-16-13(17)9-18-10-3-6-15-7-4-10/h1-2,10,15H,3-9H2,(H,16,17). The van der Waals surface area contributed by atoms with Crippen LogP contribution in [0.2, 0.25) is 4.34 Å². The fourth-order valence-electron chi connectivity index (χ4n) is 2.02. The van der Waals surface area contributed by atoms with E-state index in [0.29, 0.717) is 17.5 Å². The molecule has 19 heavy (non-hydrogen) atoms. The minimum Gasteiger partial charge on any atom is -0.355 e. The van der Waals surface area contributed by atoms with Crippen LogP contribution in [0.25, 0.3) is 0 Å². The van der Waals surface area contributed by atoms with Crippen LogP contribution < -0.4 is 10.6 Å². The van der Waals surface area contributed by atoms with Gasteiger partial charge in [-0.3, -0.25) is 4.79 Å². The van der Waals surface area contributed by atoms with Crippen LogP contribution in [-0.2, 0) is 11.2 Å². The number of carbonyl (C=O) groups excluding carboxylic acids is 1. The summed E-state index contributed by atoms with van der Waals surface area (Å²) in [4.78, 5) is 12.9. The summed E-state index contributed by atoms with van der Waals surface area (Å²) in [5.74, 6) is 0.724. The lowest BCUT2D eigenvalue weighted by Gasteiger charge is -2.21. The zero-order valence-electron chi connectivity index (χ0n) is 10.8. The molecular weight excluding hydrogens is 300 g/mol. The third-order valence-electron chi connectivity index (χ3n) is 3.06. The van der Waals surface area contributed by atoms with Gasteiger partial charge in [0.25, 0.3) is 0 Å². The first-order chi connectivity index (χ1) is 9.24. The first kappa shape index (κ1) is 15.2. The average Bonchev–Trinajstić information content (AvgIpc) is 2.83. The third kappa shape index (κ3) is 5.73. The molecule has 0 aromatic carbocycles. The van der Waals surface area contributed by atoms with Crippen molar-refractivity contribution in [3.8, 4) is 0 Å². The quantitative estimate of drug-likeness (QED) is 0.847. The first-order valence-electron chi connectivity index (χ1n) is 6.57. The van der Waals surface area contributed by atoms with Gasteiger partial charge in [0.05, 0.1) is 10.1 Å². The van der Waals surface area contributed by atoms with E-state index in [0.717, 1.165) is 23.8 Å². The highest BCUT2D eigenvalue weighted by molar-refractivity contribution is 8.00. The first-order valence-corrected chi connectivity index (χ1v) is 8.81. The molecule has 0 radical (unpaired) electrons. The van der Waals surface area contributed by atoms with Gasteiger partial charge in [-0.15, -0.1) is 23.1 Å². The van der Waals surface area contributed by atoms with E-state index < -0.39 is 0 Å². The number of rotatable bonds is 6. The third-order valence-corrected chi connectivity index (χ3v) is 5.72. The predicted octanol–water partition coefficient (Wildman–Crippen LogP) is 2.55. The van der Waals surface area contributed by atoms with E-state index >= 15 is 0 Å². The van der Waals surface area contributed by atoms with Crippen molar-refractivity contribution in [2.24, 2.45) is 0 Å². The SMILES string of the molecule is O=C(CSC1CCNCC1)NCCc1ccc(Cl)s1. The average molecular weight is 319 g/mol. The largest absolute Gasteiger partial charge is 0.355 e. The molecule has 2 rings (SSSR count). The maximum atomic E-state index is 11.7. The van der Waals surface area contributed by atoms with Gasteiger partial charge in [-0.25, -0.2) is 0 Å². The molecule has 6 heteroatoms. The highest BCUT2D eigenvalue weighted by Gasteiger charge is 2.14. The smallest absolute Gasteiger partial charge is 0.230 e. The van der Waals surface area contributed by atoms with Gasteiger partial charge < -0.3 is 10.6 Å². The fraction of sp³-hybridized carbons (Fsp3) is 0.615. The molecule has 2 N–H and O–H groups in total. The molecule has 0 unspecified atom stereocenters. The van der Waals surface area contributed by atoms with Crippen LogP contribution in [0.15, 0.2) is 12.1 Å². The van der Waals surface area contributed by atoms with Crippen LogP contribution in [0.1, 0.15) is 17.7 Å². The summed E-state index contributed by atoms with van der Waals surface area (Å²) in [6.45, 7) is 2.86. The summed E-state index contributed by atoms with van der Waals surface area (Å²) >= 11 is 9.22. The minimum atomic E-state index is 0.145. The zero-order chi connectivity index (χ0) is 13.5. The summed E-state index contributed by atoms with van der Waals surface area (Å²) in [5.41, 5.74) is 0. The lowest BCUT2D eigenvalue weighted by Crippen LogP contribution is -2.32. The molecule has 1 aliphatic rings.